The van der Waals surface area contributed by atoms with Crippen molar-refractivity contribution in [2.45, 2.75) is 25.9 Å². The van der Waals surface area contributed by atoms with Crippen LogP contribution in [-0.4, -0.2) is 36.2 Å². The molecule has 86 valence electrons. The Bertz CT molecular complexity index is 227. The maximum absolute atomic E-state index is 11.3. The third kappa shape index (κ3) is 7.69. The Morgan fingerprint density at radius 2 is 2.27 bits per heavy atom. The van der Waals surface area contributed by atoms with Crippen LogP contribution in [-0.2, 0) is 14.3 Å². The molecule has 0 saturated carbocycles. The van der Waals surface area contributed by atoms with Crippen molar-refractivity contribution in [3.63, 3.8) is 0 Å². The van der Waals surface area contributed by atoms with E-state index >= 15 is 0 Å². The lowest BCUT2D eigenvalue weighted by molar-refractivity contribution is -0.137. The molecule has 1 atom stereocenters. The summed E-state index contributed by atoms with van der Waals surface area (Å²) in [6.07, 6.45) is 1.51. The van der Waals surface area contributed by atoms with Crippen LogP contribution in [0.3, 0.4) is 0 Å². The predicted molar refractivity (Wildman–Crippen MR) is 55.5 cm³/mol. The lowest BCUT2D eigenvalue weighted by Gasteiger charge is -2.11. The van der Waals surface area contributed by atoms with E-state index in [1.54, 1.807) is 13.0 Å². The Morgan fingerprint density at radius 3 is 2.80 bits per heavy atom. The van der Waals surface area contributed by atoms with Crippen LogP contribution in [0.15, 0.2) is 12.7 Å². The first-order valence-corrected chi connectivity index (χ1v) is 4.80. The third-order valence-corrected chi connectivity index (χ3v) is 1.70. The van der Waals surface area contributed by atoms with Gasteiger partial charge in [0.25, 0.3) is 0 Å². The molecule has 0 aromatic rings. The van der Waals surface area contributed by atoms with Gasteiger partial charge in [0, 0.05) is 13.0 Å². The fourth-order valence-electron chi connectivity index (χ4n) is 0.883. The molecule has 0 aliphatic heterocycles. The second-order valence-electron chi connectivity index (χ2n) is 3.05. The van der Waals surface area contributed by atoms with Gasteiger partial charge in [0.15, 0.2) is 0 Å². The zero-order chi connectivity index (χ0) is 11.7. The largest absolute Gasteiger partial charge is 0.481 e. The van der Waals surface area contributed by atoms with Crippen molar-refractivity contribution in [2.24, 2.45) is 0 Å². The average molecular weight is 215 g/mol. The molecular weight excluding hydrogens is 198 g/mol. The van der Waals surface area contributed by atoms with Crippen LogP contribution in [0.1, 0.15) is 19.8 Å². The molecule has 0 aliphatic carbocycles. The zero-order valence-electron chi connectivity index (χ0n) is 8.86. The van der Waals surface area contributed by atoms with Crippen molar-refractivity contribution in [3.05, 3.63) is 12.7 Å². The van der Waals surface area contributed by atoms with Crippen LogP contribution >= 0.6 is 0 Å². The van der Waals surface area contributed by atoms with E-state index < -0.39 is 12.1 Å². The second kappa shape index (κ2) is 7.99. The highest BCUT2D eigenvalue weighted by Crippen LogP contribution is 1.92. The highest BCUT2D eigenvalue weighted by Gasteiger charge is 2.11. The summed E-state index contributed by atoms with van der Waals surface area (Å²) in [5.74, 6) is -1.09. The summed E-state index contributed by atoms with van der Waals surface area (Å²) in [4.78, 5) is 21.4. The highest BCUT2D eigenvalue weighted by atomic mass is 16.5. The number of amides is 1. The first-order valence-electron chi connectivity index (χ1n) is 4.80. The quantitative estimate of drug-likeness (QED) is 0.458. The normalized spacial score (nSPS) is 11.8. The first kappa shape index (κ1) is 13.6. The fraction of sp³-hybridized carbons (Fsp3) is 0.600. The van der Waals surface area contributed by atoms with Crippen LogP contribution in [0.5, 0.6) is 0 Å². The van der Waals surface area contributed by atoms with E-state index in [0.717, 1.165) is 0 Å². The van der Waals surface area contributed by atoms with Gasteiger partial charge in [-0.05, 0) is 13.3 Å². The predicted octanol–water partition coefficient (Wildman–Crippen LogP) is 0.558. The van der Waals surface area contributed by atoms with Crippen molar-refractivity contribution in [1.82, 2.24) is 5.32 Å². The smallest absolute Gasteiger partial charge is 0.303 e. The standard InChI is InChI=1S/C10H17NO4/c1-3-7-15-8(2)10(14)11-6-4-5-9(12)13/h3,8H,1,4-7H2,2H3,(H,11,14)(H,12,13). The Hall–Kier alpha value is -1.36. The van der Waals surface area contributed by atoms with Crippen molar-refractivity contribution in [2.75, 3.05) is 13.2 Å². The molecule has 0 aromatic carbocycles. The van der Waals surface area contributed by atoms with Gasteiger partial charge in [0.05, 0.1) is 6.61 Å². The number of carbonyl (C=O) groups is 2. The number of ether oxygens (including phenoxy) is 1. The average Bonchev–Trinajstić information content (AvgIpc) is 2.20. The van der Waals surface area contributed by atoms with Gasteiger partial charge in [-0.1, -0.05) is 6.08 Å². The number of hydrogen-bond acceptors (Lipinski definition) is 3. The Balaban J connectivity index is 3.55. The Kier molecular flexibility index (Phi) is 7.27. The number of nitrogens with one attached hydrogen (secondary N) is 1. The molecule has 5 nitrogen and oxygen atoms in total. The summed E-state index contributed by atoms with van der Waals surface area (Å²) < 4.78 is 5.08. The zero-order valence-corrected chi connectivity index (χ0v) is 8.86. The minimum absolute atomic E-state index is 0.0577. The van der Waals surface area contributed by atoms with Crippen LogP contribution in [0.4, 0.5) is 0 Å². The van der Waals surface area contributed by atoms with Crippen molar-refractivity contribution < 1.29 is 19.4 Å². The van der Waals surface area contributed by atoms with Crippen LogP contribution in [0, 0.1) is 0 Å². The monoisotopic (exact) mass is 215 g/mol. The molecule has 1 amide bonds. The molecule has 0 bridgehead atoms. The van der Waals surface area contributed by atoms with Crippen LogP contribution in [0.2, 0.25) is 0 Å². The van der Waals surface area contributed by atoms with Crippen molar-refractivity contribution in [3.8, 4) is 0 Å². The molecule has 0 aromatic heterocycles. The number of aliphatic carboxylic acids is 1. The van der Waals surface area contributed by atoms with Gasteiger partial charge in [0.1, 0.15) is 6.10 Å². The number of hydrogen-bond donors (Lipinski definition) is 2. The van der Waals surface area contributed by atoms with E-state index in [4.69, 9.17) is 9.84 Å². The number of carboxylic acid groups (broad SMARTS) is 1. The molecule has 0 rings (SSSR count). The minimum atomic E-state index is -0.861. The topological polar surface area (TPSA) is 75.6 Å². The van der Waals surface area contributed by atoms with Gasteiger partial charge in [-0.25, -0.2) is 0 Å². The molecular formula is C10H17NO4. The van der Waals surface area contributed by atoms with E-state index in [9.17, 15) is 9.59 Å². The second-order valence-corrected chi connectivity index (χ2v) is 3.05. The van der Waals surface area contributed by atoms with E-state index in [2.05, 4.69) is 11.9 Å². The maximum Gasteiger partial charge on any atom is 0.303 e. The Morgan fingerprint density at radius 1 is 1.60 bits per heavy atom. The summed E-state index contributed by atoms with van der Waals surface area (Å²) >= 11 is 0. The van der Waals surface area contributed by atoms with Gasteiger partial charge >= 0.3 is 5.97 Å². The summed E-state index contributed by atoms with van der Waals surface area (Å²) in [7, 11) is 0. The SMILES string of the molecule is C=CCOC(C)C(=O)NCCCC(=O)O. The molecule has 5 heteroatoms. The minimum Gasteiger partial charge on any atom is -0.481 e. The van der Waals surface area contributed by atoms with Gasteiger partial charge in [-0.3, -0.25) is 9.59 Å². The van der Waals surface area contributed by atoms with E-state index in [1.807, 2.05) is 0 Å². The molecule has 0 heterocycles. The molecule has 1 unspecified atom stereocenters. The molecule has 2 N–H and O–H groups in total. The molecule has 15 heavy (non-hydrogen) atoms. The van der Waals surface area contributed by atoms with Crippen molar-refractivity contribution >= 4 is 11.9 Å². The van der Waals surface area contributed by atoms with E-state index in [0.29, 0.717) is 19.6 Å². The lowest BCUT2D eigenvalue weighted by Crippen LogP contribution is -2.35. The Labute approximate surface area is 89.1 Å². The van der Waals surface area contributed by atoms with Crippen molar-refractivity contribution in [1.29, 1.82) is 0 Å². The van der Waals surface area contributed by atoms with Gasteiger partial charge in [0.2, 0.25) is 5.91 Å². The van der Waals surface area contributed by atoms with Gasteiger partial charge in [-0.15, -0.1) is 6.58 Å². The summed E-state index contributed by atoms with van der Waals surface area (Å²) in [6, 6.07) is 0. The molecule has 0 saturated heterocycles. The third-order valence-electron chi connectivity index (χ3n) is 1.70. The van der Waals surface area contributed by atoms with Crippen LogP contribution < -0.4 is 5.32 Å². The van der Waals surface area contributed by atoms with E-state index in [-0.39, 0.29) is 12.3 Å². The maximum atomic E-state index is 11.3. The van der Waals surface area contributed by atoms with Gasteiger partial charge < -0.3 is 15.2 Å². The molecule has 0 spiro atoms. The summed E-state index contributed by atoms with van der Waals surface area (Å²) in [5, 5.41) is 10.9. The summed E-state index contributed by atoms with van der Waals surface area (Å²) in [5.41, 5.74) is 0. The van der Waals surface area contributed by atoms with E-state index in [1.165, 1.54) is 0 Å². The highest BCUT2D eigenvalue weighted by molar-refractivity contribution is 5.80. The molecule has 0 aliphatic rings. The lowest BCUT2D eigenvalue weighted by atomic mass is 10.3. The number of carbonyl (C=O) groups excluding carboxylic acids is 1. The number of rotatable bonds is 8. The van der Waals surface area contributed by atoms with Crippen LogP contribution in [0.25, 0.3) is 0 Å². The molecule has 0 fully saturated rings. The number of carboxylic acids is 1. The fourth-order valence-corrected chi connectivity index (χ4v) is 0.883. The van der Waals surface area contributed by atoms with Gasteiger partial charge in [-0.2, -0.15) is 0 Å². The first-order chi connectivity index (χ1) is 7.07. The molecule has 0 radical (unpaired) electrons. The summed E-state index contributed by atoms with van der Waals surface area (Å²) in [6.45, 7) is 5.78.